The molecule has 3 aromatic rings. The molecule has 1 aromatic heterocycles. The zero-order valence-electron chi connectivity index (χ0n) is 24.7. The summed E-state index contributed by atoms with van der Waals surface area (Å²) in [5.41, 5.74) is 7.69. The number of rotatable bonds is 19. The Morgan fingerprint density at radius 2 is 1.10 bits per heavy atom. The van der Waals surface area contributed by atoms with Crippen LogP contribution in [0.15, 0.2) is 58.4 Å². The molecule has 39 heavy (non-hydrogen) atoms. The van der Waals surface area contributed by atoms with Crippen molar-refractivity contribution >= 4 is 27.3 Å². The molecule has 1 aliphatic rings. The van der Waals surface area contributed by atoms with Gasteiger partial charge in [0.15, 0.2) is 0 Å². The minimum Gasteiger partial charge on any atom is -0.144 e. The summed E-state index contributed by atoms with van der Waals surface area (Å²) >= 11 is 5.72. The number of hydrogen-bond acceptors (Lipinski definition) is 1. The lowest BCUT2D eigenvalue weighted by Crippen LogP contribution is -2.25. The molecule has 2 aromatic carbocycles. The fourth-order valence-electron chi connectivity index (χ4n) is 6.85. The van der Waals surface area contributed by atoms with Crippen LogP contribution >= 0.6 is 27.3 Å². The fraction of sp³-hybridized carbons (Fsp3) is 0.568. The van der Waals surface area contributed by atoms with Crippen LogP contribution < -0.4 is 0 Å². The largest absolute Gasteiger partial charge is 0.144 e. The predicted octanol–water partition coefficient (Wildman–Crippen LogP) is 13.5. The van der Waals surface area contributed by atoms with Crippen LogP contribution in [0.25, 0.3) is 21.6 Å². The van der Waals surface area contributed by atoms with Crippen molar-refractivity contribution in [3.63, 3.8) is 0 Å². The van der Waals surface area contributed by atoms with E-state index in [4.69, 9.17) is 0 Å². The van der Waals surface area contributed by atoms with Crippen molar-refractivity contribution in [1.29, 1.82) is 0 Å². The molecule has 0 atom stereocenters. The van der Waals surface area contributed by atoms with E-state index >= 15 is 0 Å². The van der Waals surface area contributed by atoms with E-state index in [0.29, 0.717) is 0 Å². The van der Waals surface area contributed by atoms with Crippen molar-refractivity contribution in [1.82, 2.24) is 0 Å². The highest BCUT2D eigenvalue weighted by Gasteiger charge is 2.42. The van der Waals surface area contributed by atoms with E-state index in [1.165, 1.54) is 142 Å². The molecule has 0 spiro atoms. The lowest BCUT2D eigenvalue weighted by molar-refractivity contribution is 0.397. The van der Waals surface area contributed by atoms with Crippen LogP contribution in [-0.4, -0.2) is 0 Å². The molecule has 0 saturated heterocycles. The van der Waals surface area contributed by atoms with E-state index in [1.807, 2.05) is 11.3 Å². The number of benzene rings is 2. The van der Waals surface area contributed by atoms with Crippen molar-refractivity contribution in [2.45, 2.75) is 135 Å². The van der Waals surface area contributed by atoms with Gasteiger partial charge >= 0.3 is 0 Å². The minimum atomic E-state index is 0.145. The summed E-state index contributed by atoms with van der Waals surface area (Å²) in [7, 11) is 0. The van der Waals surface area contributed by atoms with E-state index in [9.17, 15) is 0 Å². The van der Waals surface area contributed by atoms with Crippen molar-refractivity contribution in [2.75, 3.05) is 0 Å². The molecule has 0 aliphatic heterocycles. The number of hydrogen-bond donors (Lipinski definition) is 0. The maximum absolute atomic E-state index is 3.85. The number of halogens is 1. The highest BCUT2D eigenvalue weighted by Crippen LogP contribution is 2.55. The van der Waals surface area contributed by atoms with Crippen molar-refractivity contribution in [2.24, 2.45) is 0 Å². The molecule has 1 aliphatic carbocycles. The second-order valence-corrected chi connectivity index (χ2v) is 13.8. The van der Waals surface area contributed by atoms with Crippen LogP contribution in [0.4, 0.5) is 0 Å². The molecule has 0 saturated carbocycles. The SMILES string of the molecule is CCCCCCCCCCC1(CCCCCCCCCC)c2cc(Br)ccc2-c2ccc(-c3cccs3)cc21. The van der Waals surface area contributed by atoms with Gasteiger partial charge in [-0.15, -0.1) is 11.3 Å². The molecule has 0 unspecified atom stereocenters. The van der Waals surface area contributed by atoms with Gasteiger partial charge in [0.25, 0.3) is 0 Å². The van der Waals surface area contributed by atoms with Gasteiger partial charge in [0.05, 0.1) is 0 Å². The zero-order valence-corrected chi connectivity index (χ0v) is 27.1. The molecule has 0 nitrogen and oxygen atoms in total. The summed E-state index contributed by atoms with van der Waals surface area (Å²) < 4.78 is 1.23. The van der Waals surface area contributed by atoms with Crippen LogP contribution in [0, 0.1) is 0 Å². The van der Waals surface area contributed by atoms with Crippen LogP contribution in [-0.2, 0) is 5.41 Å². The first kappa shape index (κ1) is 30.6. The zero-order chi connectivity index (χ0) is 27.3. The number of fused-ring (bicyclic) bond motifs is 3. The molecule has 2 heteroatoms. The van der Waals surface area contributed by atoms with E-state index < -0.39 is 0 Å². The summed E-state index contributed by atoms with van der Waals surface area (Å²) in [6.07, 6.45) is 24.7. The van der Waals surface area contributed by atoms with Gasteiger partial charge in [-0.1, -0.05) is 157 Å². The van der Waals surface area contributed by atoms with Gasteiger partial charge in [0.2, 0.25) is 0 Å². The highest BCUT2D eigenvalue weighted by molar-refractivity contribution is 9.10. The smallest absolute Gasteiger partial charge is 0.0342 e. The first-order valence-electron chi connectivity index (χ1n) is 16.2. The maximum atomic E-state index is 3.85. The third kappa shape index (κ3) is 8.10. The average Bonchev–Trinajstić information content (AvgIpc) is 3.57. The van der Waals surface area contributed by atoms with Crippen LogP contribution in [0.5, 0.6) is 0 Å². The Balaban J connectivity index is 1.54. The normalized spacial score (nSPS) is 13.5. The van der Waals surface area contributed by atoms with Crippen LogP contribution in [0.1, 0.15) is 141 Å². The van der Waals surface area contributed by atoms with Crippen LogP contribution in [0.3, 0.4) is 0 Å². The number of thiophene rings is 1. The van der Waals surface area contributed by atoms with E-state index in [1.54, 1.807) is 11.1 Å². The minimum absolute atomic E-state index is 0.145. The lowest BCUT2D eigenvalue weighted by atomic mass is 9.70. The van der Waals surface area contributed by atoms with Gasteiger partial charge in [0.1, 0.15) is 0 Å². The molecule has 212 valence electrons. The van der Waals surface area contributed by atoms with Gasteiger partial charge in [-0.2, -0.15) is 0 Å². The van der Waals surface area contributed by atoms with E-state index in [0.717, 1.165) is 0 Å². The third-order valence-corrected chi connectivity index (χ3v) is 10.5. The Morgan fingerprint density at radius 1 is 0.590 bits per heavy atom. The monoisotopic (exact) mass is 606 g/mol. The summed E-state index contributed by atoms with van der Waals surface area (Å²) in [5, 5.41) is 2.21. The van der Waals surface area contributed by atoms with Crippen molar-refractivity contribution in [3.8, 4) is 21.6 Å². The van der Waals surface area contributed by atoms with Gasteiger partial charge in [-0.25, -0.2) is 0 Å². The Hall–Kier alpha value is -1.38. The quantitative estimate of drug-likeness (QED) is 0.119. The summed E-state index contributed by atoms with van der Waals surface area (Å²) in [6, 6.07) is 18.9. The Labute approximate surface area is 252 Å². The highest BCUT2D eigenvalue weighted by atomic mass is 79.9. The third-order valence-electron chi connectivity index (χ3n) is 9.04. The molecule has 1 heterocycles. The summed E-state index contributed by atoms with van der Waals surface area (Å²) in [4.78, 5) is 1.39. The molecular weight excluding hydrogens is 556 g/mol. The summed E-state index contributed by atoms with van der Waals surface area (Å²) in [5.74, 6) is 0. The van der Waals surface area contributed by atoms with Gasteiger partial charge in [-0.05, 0) is 70.3 Å². The van der Waals surface area contributed by atoms with E-state index in [-0.39, 0.29) is 5.41 Å². The molecule has 0 fully saturated rings. The van der Waals surface area contributed by atoms with E-state index in [2.05, 4.69) is 83.7 Å². The second-order valence-electron chi connectivity index (χ2n) is 12.0. The average molecular weight is 608 g/mol. The van der Waals surface area contributed by atoms with Gasteiger partial charge in [0, 0.05) is 14.8 Å². The topological polar surface area (TPSA) is 0 Å². The van der Waals surface area contributed by atoms with Crippen LogP contribution in [0.2, 0.25) is 0 Å². The first-order chi connectivity index (χ1) is 19.2. The Bertz CT molecular complexity index is 1090. The fourth-order valence-corrected chi connectivity index (χ4v) is 7.93. The molecular formula is C37H51BrS. The maximum Gasteiger partial charge on any atom is 0.0342 e. The van der Waals surface area contributed by atoms with Gasteiger partial charge in [-0.3, -0.25) is 0 Å². The Kier molecular flexibility index (Phi) is 12.7. The van der Waals surface area contributed by atoms with Gasteiger partial charge < -0.3 is 0 Å². The molecule has 4 rings (SSSR count). The lowest BCUT2D eigenvalue weighted by Gasteiger charge is -2.33. The standard InChI is InChI=1S/C37H51BrS/c1-3-5-7-9-11-13-15-17-25-37(26-18-16-14-12-10-8-6-4-2)34-28-30(36-20-19-27-39-36)21-23-32(34)33-24-22-31(38)29-35(33)37/h19-24,27-29H,3-18,25-26H2,1-2H3. The molecule has 0 radical (unpaired) electrons. The molecule has 0 N–H and O–H groups in total. The molecule has 0 amide bonds. The summed E-state index contributed by atoms with van der Waals surface area (Å²) in [6.45, 7) is 4.62. The van der Waals surface area contributed by atoms with Crippen molar-refractivity contribution < 1.29 is 0 Å². The second kappa shape index (κ2) is 16.2. The van der Waals surface area contributed by atoms with Crippen molar-refractivity contribution in [3.05, 3.63) is 69.5 Å². The first-order valence-corrected chi connectivity index (χ1v) is 17.9. The Morgan fingerprint density at radius 3 is 1.64 bits per heavy atom. The number of unbranched alkanes of at least 4 members (excludes halogenated alkanes) is 14. The predicted molar refractivity (Wildman–Crippen MR) is 178 cm³/mol. The molecule has 0 bridgehead atoms.